The Morgan fingerprint density at radius 1 is 1.50 bits per heavy atom. The summed E-state index contributed by atoms with van der Waals surface area (Å²) in [6.45, 7) is 5.70. The normalized spacial score (nSPS) is 25.1. The molecule has 4 nitrogen and oxygen atoms in total. The molecular formula is C14H28N2O2. The third kappa shape index (κ3) is 4.25. The van der Waals surface area contributed by atoms with E-state index in [1.54, 1.807) is 0 Å². The number of carbonyl (C=O) groups is 1. The zero-order valence-corrected chi connectivity index (χ0v) is 12.0. The van der Waals surface area contributed by atoms with E-state index in [0.29, 0.717) is 12.3 Å². The SMILES string of the molecule is CCC(CCN)CCC(=O)N(C)C1CCOC1C. The molecule has 0 aromatic rings. The van der Waals surface area contributed by atoms with Crippen LogP contribution in [0, 0.1) is 5.92 Å². The van der Waals surface area contributed by atoms with E-state index in [1.165, 1.54) is 0 Å². The van der Waals surface area contributed by atoms with Gasteiger partial charge in [-0.2, -0.15) is 0 Å². The van der Waals surface area contributed by atoms with Crippen molar-refractivity contribution in [3.63, 3.8) is 0 Å². The third-order valence-corrected chi connectivity index (χ3v) is 4.15. The van der Waals surface area contributed by atoms with Gasteiger partial charge in [-0.3, -0.25) is 4.79 Å². The van der Waals surface area contributed by atoms with Gasteiger partial charge in [-0.25, -0.2) is 0 Å². The molecule has 1 aliphatic heterocycles. The van der Waals surface area contributed by atoms with Crippen LogP contribution >= 0.6 is 0 Å². The highest BCUT2D eigenvalue weighted by Crippen LogP contribution is 2.21. The summed E-state index contributed by atoms with van der Waals surface area (Å²) in [6.07, 6.45) is 4.86. The Hall–Kier alpha value is -0.610. The minimum Gasteiger partial charge on any atom is -0.376 e. The Morgan fingerprint density at radius 2 is 2.22 bits per heavy atom. The molecule has 1 fully saturated rings. The number of nitrogens with two attached hydrogens (primary N) is 1. The minimum absolute atomic E-state index is 0.171. The largest absolute Gasteiger partial charge is 0.376 e. The van der Waals surface area contributed by atoms with Gasteiger partial charge in [-0.05, 0) is 38.6 Å². The highest BCUT2D eigenvalue weighted by molar-refractivity contribution is 5.76. The van der Waals surface area contributed by atoms with E-state index in [-0.39, 0.29) is 18.1 Å². The van der Waals surface area contributed by atoms with Crippen LogP contribution in [-0.4, -0.2) is 43.2 Å². The molecule has 0 aromatic carbocycles. The molecule has 0 bridgehead atoms. The van der Waals surface area contributed by atoms with E-state index in [4.69, 9.17) is 10.5 Å². The molecule has 0 spiro atoms. The molecule has 4 heteroatoms. The maximum absolute atomic E-state index is 12.1. The summed E-state index contributed by atoms with van der Waals surface area (Å²) in [4.78, 5) is 14.0. The van der Waals surface area contributed by atoms with Crippen molar-refractivity contribution in [3.05, 3.63) is 0 Å². The summed E-state index contributed by atoms with van der Waals surface area (Å²) in [5, 5.41) is 0. The van der Waals surface area contributed by atoms with Crippen LogP contribution in [0.4, 0.5) is 0 Å². The Bertz CT molecular complexity index is 258. The first-order chi connectivity index (χ1) is 8.60. The van der Waals surface area contributed by atoms with Gasteiger partial charge >= 0.3 is 0 Å². The number of likely N-dealkylation sites (N-methyl/N-ethyl adjacent to an activating group) is 1. The first-order valence-electron chi connectivity index (χ1n) is 7.17. The molecule has 1 saturated heterocycles. The standard InChI is InChI=1S/C14H28N2O2/c1-4-12(7-9-15)5-6-14(17)16(3)13-8-10-18-11(13)2/h11-13H,4-10,15H2,1-3H3. The number of nitrogens with zero attached hydrogens (tertiary/aromatic N) is 1. The highest BCUT2D eigenvalue weighted by atomic mass is 16.5. The van der Waals surface area contributed by atoms with Gasteiger partial charge in [-0.1, -0.05) is 13.3 Å². The zero-order valence-electron chi connectivity index (χ0n) is 12.0. The Kier molecular flexibility index (Phi) is 6.65. The molecule has 1 amide bonds. The summed E-state index contributed by atoms with van der Waals surface area (Å²) in [6, 6.07) is 0.257. The molecule has 0 saturated carbocycles. The van der Waals surface area contributed by atoms with E-state index < -0.39 is 0 Å². The second-order valence-electron chi connectivity index (χ2n) is 5.33. The van der Waals surface area contributed by atoms with Crippen molar-refractivity contribution >= 4 is 5.91 Å². The van der Waals surface area contributed by atoms with E-state index in [1.807, 2.05) is 18.9 Å². The zero-order chi connectivity index (χ0) is 13.5. The Morgan fingerprint density at radius 3 is 2.72 bits per heavy atom. The summed E-state index contributed by atoms with van der Waals surface area (Å²) in [7, 11) is 1.90. The number of carbonyl (C=O) groups excluding carboxylic acids is 1. The average Bonchev–Trinajstić information content (AvgIpc) is 2.79. The van der Waals surface area contributed by atoms with Gasteiger partial charge in [0, 0.05) is 20.1 Å². The molecule has 18 heavy (non-hydrogen) atoms. The van der Waals surface area contributed by atoms with Crippen molar-refractivity contribution < 1.29 is 9.53 Å². The van der Waals surface area contributed by atoms with E-state index in [0.717, 1.165) is 38.8 Å². The molecule has 2 N–H and O–H groups in total. The maximum atomic E-state index is 12.1. The topological polar surface area (TPSA) is 55.6 Å². The molecular weight excluding hydrogens is 228 g/mol. The first kappa shape index (κ1) is 15.4. The quantitative estimate of drug-likeness (QED) is 0.755. The minimum atomic E-state index is 0.171. The third-order valence-electron chi connectivity index (χ3n) is 4.15. The lowest BCUT2D eigenvalue weighted by Crippen LogP contribution is -2.41. The number of amides is 1. The van der Waals surface area contributed by atoms with Crippen molar-refractivity contribution in [2.24, 2.45) is 11.7 Å². The van der Waals surface area contributed by atoms with Crippen LogP contribution in [0.5, 0.6) is 0 Å². The predicted octanol–water partition coefficient (Wildman–Crippen LogP) is 1.78. The van der Waals surface area contributed by atoms with Crippen molar-refractivity contribution in [2.75, 3.05) is 20.2 Å². The lowest BCUT2D eigenvalue weighted by Gasteiger charge is -2.27. The fraction of sp³-hybridized carbons (Fsp3) is 0.929. The molecule has 0 aliphatic carbocycles. The summed E-state index contributed by atoms with van der Waals surface area (Å²) < 4.78 is 5.51. The van der Waals surface area contributed by atoms with Crippen molar-refractivity contribution in [1.29, 1.82) is 0 Å². The van der Waals surface area contributed by atoms with Crippen LogP contribution in [0.1, 0.15) is 46.0 Å². The van der Waals surface area contributed by atoms with Crippen molar-refractivity contribution in [1.82, 2.24) is 4.90 Å². The summed E-state index contributed by atoms with van der Waals surface area (Å²) in [5.41, 5.74) is 5.58. The number of rotatable bonds is 7. The van der Waals surface area contributed by atoms with Crippen LogP contribution in [0.25, 0.3) is 0 Å². The van der Waals surface area contributed by atoms with Crippen molar-refractivity contribution in [2.45, 2.75) is 58.1 Å². The van der Waals surface area contributed by atoms with Crippen LogP contribution < -0.4 is 5.73 Å². The fourth-order valence-electron chi connectivity index (χ4n) is 2.71. The second-order valence-corrected chi connectivity index (χ2v) is 5.33. The smallest absolute Gasteiger partial charge is 0.222 e. The molecule has 1 heterocycles. The number of hydrogen-bond acceptors (Lipinski definition) is 3. The van der Waals surface area contributed by atoms with Crippen LogP contribution in [0.3, 0.4) is 0 Å². The van der Waals surface area contributed by atoms with Gasteiger partial charge < -0.3 is 15.4 Å². The Labute approximate surface area is 111 Å². The highest BCUT2D eigenvalue weighted by Gasteiger charge is 2.30. The Balaban J connectivity index is 2.35. The lowest BCUT2D eigenvalue weighted by molar-refractivity contribution is -0.133. The molecule has 3 atom stereocenters. The molecule has 0 radical (unpaired) electrons. The molecule has 0 aromatic heterocycles. The number of hydrogen-bond donors (Lipinski definition) is 1. The summed E-state index contributed by atoms with van der Waals surface area (Å²) in [5.74, 6) is 0.831. The predicted molar refractivity (Wildman–Crippen MR) is 73.3 cm³/mol. The van der Waals surface area contributed by atoms with Gasteiger partial charge in [0.2, 0.25) is 5.91 Å². The van der Waals surface area contributed by atoms with Gasteiger partial charge in [0.15, 0.2) is 0 Å². The van der Waals surface area contributed by atoms with E-state index in [2.05, 4.69) is 6.92 Å². The molecule has 1 aliphatic rings. The van der Waals surface area contributed by atoms with Crippen molar-refractivity contribution in [3.8, 4) is 0 Å². The van der Waals surface area contributed by atoms with Crippen LogP contribution in [0.2, 0.25) is 0 Å². The van der Waals surface area contributed by atoms with Crippen LogP contribution in [0.15, 0.2) is 0 Å². The molecule has 1 rings (SSSR count). The van der Waals surface area contributed by atoms with Gasteiger partial charge in [0.25, 0.3) is 0 Å². The number of ether oxygens (including phenoxy) is 1. The monoisotopic (exact) mass is 256 g/mol. The van der Waals surface area contributed by atoms with E-state index in [9.17, 15) is 4.79 Å². The van der Waals surface area contributed by atoms with E-state index >= 15 is 0 Å². The van der Waals surface area contributed by atoms with Gasteiger partial charge in [0.05, 0.1) is 12.1 Å². The summed E-state index contributed by atoms with van der Waals surface area (Å²) >= 11 is 0. The van der Waals surface area contributed by atoms with Gasteiger partial charge in [0.1, 0.15) is 0 Å². The fourth-order valence-corrected chi connectivity index (χ4v) is 2.71. The second kappa shape index (κ2) is 7.74. The van der Waals surface area contributed by atoms with Gasteiger partial charge in [-0.15, -0.1) is 0 Å². The lowest BCUT2D eigenvalue weighted by atomic mass is 9.96. The molecule has 3 unspecified atom stereocenters. The average molecular weight is 256 g/mol. The first-order valence-corrected chi connectivity index (χ1v) is 7.17. The molecule has 106 valence electrons. The maximum Gasteiger partial charge on any atom is 0.222 e. The van der Waals surface area contributed by atoms with Crippen LogP contribution in [-0.2, 0) is 9.53 Å².